The molecule has 3 N–H and O–H groups in total. The molecule has 1 amide bonds. The summed E-state index contributed by atoms with van der Waals surface area (Å²) in [5.74, 6) is -0.167. The van der Waals surface area contributed by atoms with Crippen LogP contribution in [-0.4, -0.2) is 15.7 Å². The first-order valence-electron chi connectivity index (χ1n) is 5.38. The van der Waals surface area contributed by atoms with E-state index in [1.165, 1.54) is 0 Å². The summed E-state index contributed by atoms with van der Waals surface area (Å²) in [5.41, 5.74) is 7.62. The zero-order chi connectivity index (χ0) is 13.1. The number of aromatic nitrogens is 2. The van der Waals surface area contributed by atoms with Crippen LogP contribution in [0, 0.1) is 0 Å². The molecule has 0 bridgehead atoms. The van der Waals surface area contributed by atoms with Gasteiger partial charge in [0.05, 0.1) is 12.2 Å². The Morgan fingerprint density at radius 2 is 2.28 bits per heavy atom. The van der Waals surface area contributed by atoms with Crippen molar-refractivity contribution in [3.8, 4) is 0 Å². The molecule has 1 aromatic carbocycles. The van der Waals surface area contributed by atoms with Gasteiger partial charge in [0.2, 0.25) is 0 Å². The second-order valence-corrected chi connectivity index (χ2v) is 4.75. The number of halogens is 1. The number of carbonyl (C=O) groups excluding carboxylic acids is 1. The maximum absolute atomic E-state index is 11.9. The van der Waals surface area contributed by atoms with Crippen molar-refractivity contribution in [2.45, 2.75) is 6.54 Å². The van der Waals surface area contributed by atoms with Gasteiger partial charge in [-0.15, -0.1) is 0 Å². The van der Waals surface area contributed by atoms with E-state index in [1.54, 1.807) is 22.9 Å². The van der Waals surface area contributed by atoms with Crippen LogP contribution in [0.4, 0.5) is 5.69 Å². The van der Waals surface area contributed by atoms with Gasteiger partial charge in [-0.3, -0.25) is 9.48 Å². The van der Waals surface area contributed by atoms with Gasteiger partial charge in [-0.2, -0.15) is 5.10 Å². The molecule has 2 aromatic rings. The Labute approximate surface area is 113 Å². The minimum atomic E-state index is -0.167. The van der Waals surface area contributed by atoms with Crippen molar-refractivity contribution in [3.63, 3.8) is 0 Å². The first-order chi connectivity index (χ1) is 8.56. The van der Waals surface area contributed by atoms with Gasteiger partial charge < -0.3 is 11.1 Å². The molecule has 1 heterocycles. The summed E-state index contributed by atoms with van der Waals surface area (Å²) in [6.07, 6.45) is 1.83. The lowest BCUT2D eigenvalue weighted by Gasteiger charge is -2.05. The molecular formula is C12H13BrN4O. The van der Waals surface area contributed by atoms with E-state index in [9.17, 15) is 4.79 Å². The minimum Gasteiger partial charge on any atom is -0.398 e. The maximum Gasteiger partial charge on any atom is 0.251 e. The maximum atomic E-state index is 11.9. The SMILES string of the molecule is Cn1ccc(CNC(=O)c2ccc(Br)c(N)c2)n1. The molecule has 0 saturated carbocycles. The highest BCUT2D eigenvalue weighted by atomic mass is 79.9. The van der Waals surface area contributed by atoms with E-state index in [4.69, 9.17) is 5.73 Å². The highest BCUT2D eigenvalue weighted by molar-refractivity contribution is 9.10. The smallest absolute Gasteiger partial charge is 0.251 e. The normalized spacial score (nSPS) is 10.3. The lowest BCUT2D eigenvalue weighted by Crippen LogP contribution is -2.23. The number of anilines is 1. The Morgan fingerprint density at radius 1 is 1.50 bits per heavy atom. The second-order valence-electron chi connectivity index (χ2n) is 3.90. The van der Waals surface area contributed by atoms with Gasteiger partial charge in [-0.25, -0.2) is 0 Å². The Kier molecular flexibility index (Phi) is 3.66. The summed E-state index contributed by atoms with van der Waals surface area (Å²) in [6, 6.07) is 6.97. The Balaban J connectivity index is 2.01. The molecule has 0 radical (unpaired) electrons. The number of carbonyl (C=O) groups is 1. The van der Waals surface area contributed by atoms with E-state index in [1.807, 2.05) is 19.3 Å². The van der Waals surface area contributed by atoms with Crippen LogP contribution in [0.3, 0.4) is 0 Å². The third-order valence-corrected chi connectivity index (χ3v) is 3.18. The topological polar surface area (TPSA) is 72.9 Å². The van der Waals surface area contributed by atoms with Crippen molar-refractivity contribution >= 4 is 27.5 Å². The molecule has 0 fully saturated rings. The van der Waals surface area contributed by atoms with E-state index in [0.717, 1.165) is 10.2 Å². The van der Waals surface area contributed by atoms with Crippen molar-refractivity contribution in [1.82, 2.24) is 15.1 Å². The van der Waals surface area contributed by atoms with Crippen LogP contribution >= 0.6 is 15.9 Å². The third kappa shape index (κ3) is 2.89. The van der Waals surface area contributed by atoms with Crippen LogP contribution in [0.15, 0.2) is 34.9 Å². The van der Waals surface area contributed by atoms with E-state index in [2.05, 4.69) is 26.3 Å². The van der Waals surface area contributed by atoms with Gasteiger partial charge >= 0.3 is 0 Å². The molecule has 0 aliphatic heterocycles. The molecule has 6 heteroatoms. The lowest BCUT2D eigenvalue weighted by atomic mass is 10.2. The highest BCUT2D eigenvalue weighted by Gasteiger charge is 2.07. The summed E-state index contributed by atoms with van der Waals surface area (Å²) in [4.78, 5) is 11.9. The zero-order valence-electron chi connectivity index (χ0n) is 9.85. The Hall–Kier alpha value is -1.82. The number of nitrogens with one attached hydrogen (secondary N) is 1. The number of nitrogens with two attached hydrogens (primary N) is 1. The zero-order valence-corrected chi connectivity index (χ0v) is 11.4. The molecule has 5 nitrogen and oxygen atoms in total. The number of rotatable bonds is 3. The Bertz CT molecular complexity index is 579. The average molecular weight is 309 g/mol. The summed E-state index contributed by atoms with van der Waals surface area (Å²) in [6.45, 7) is 0.398. The van der Waals surface area contributed by atoms with Crippen molar-refractivity contribution in [2.24, 2.45) is 7.05 Å². The van der Waals surface area contributed by atoms with Gasteiger partial charge in [-0.05, 0) is 40.2 Å². The van der Waals surface area contributed by atoms with Crippen LogP contribution in [0.5, 0.6) is 0 Å². The van der Waals surface area contributed by atoms with Gasteiger partial charge in [0.1, 0.15) is 0 Å². The highest BCUT2D eigenvalue weighted by Crippen LogP contribution is 2.20. The summed E-state index contributed by atoms with van der Waals surface area (Å²) < 4.78 is 2.47. The molecule has 18 heavy (non-hydrogen) atoms. The fraction of sp³-hybridized carbons (Fsp3) is 0.167. The number of hydrogen-bond acceptors (Lipinski definition) is 3. The number of amides is 1. The molecule has 0 saturated heterocycles. The lowest BCUT2D eigenvalue weighted by molar-refractivity contribution is 0.0950. The number of aryl methyl sites for hydroxylation is 1. The van der Waals surface area contributed by atoms with E-state index >= 15 is 0 Å². The van der Waals surface area contributed by atoms with Crippen LogP contribution in [0.25, 0.3) is 0 Å². The third-order valence-electron chi connectivity index (χ3n) is 2.46. The molecule has 94 valence electrons. The van der Waals surface area contributed by atoms with Crippen LogP contribution in [-0.2, 0) is 13.6 Å². The van der Waals surface area contributed by atoms with E-state index < -0.39 is 0 Å². The van der Waals surface area contributed by atoms with E-state index in [-0.39, 0.29) is 5.91 Å². The predicted octanol–water partition coefficient (Wildman–Crippen LogP) is 1.69. The van der Waals surface area contributed by atoms with Crippen molar-refractivity contribution in [1.29, 1.82) is 0 Å². The number of nitrogen functional groups attached to an aromatic ring is 1. The van der Waals surface area contributed by atoms with Gasteiger partial charge in [-0.1, -0.05) is 0 Å². The number of hydrogen-bond donors (Lipinski definition) is 2. The number of nitrogens with zero attached hydrogens (tertiary/aromatic N) is 2. The fourth-order valence-corrected chi connectivity index (χ4v) is 1.76. The Morgan fingerprint density at radius 3 is 2.89 bits per heavy atom. The molecule has 1 aromatic heterocycles. The summed E-state index contributed by atoms with van der Waals surface area (Å²) in [7, 11) is 1.83. The molecule has 2 rings (SSSR count). The largest absolute Gasteiger partial charge is 0.398 e. The number of benzene rings is 1. The minimum absolute atomic E-state index is 0.167. The molecule has 0 unspecified atom stereocenters. The van der Waals surface area contributed by atoms with Gasteiger partial charge in [0.15, 0.2) is 0 Å². The second kappa shape index (κ2) is 5.22. The fourth-order valence-electron chi connectivity index (χ4n) is 1.52. The van der Waals surface area contributed by atoms with Gasteiger partial charge in [0.25, 0.3) is 5.91 Å². The molecule has 0 atom stereocenters. The van der Waals surface area contributed by atoms with Gasteiger partial charge in [0, 0.05) is 29.0 Å². The van der Waals surface area contributed by atoms with E-state index in [0.29, 0.717) is 17.8 Å². The van der Waals surface area contributed by atoms with Crippen LogP contribution < -0.4 is 11.1 Å². The van der Waals surface area contributed by atoms with Crippen molar-refractivity contribution < 1.29 is 4.79 Å². The predicted molar refractivity (Wildman–Crippen MR) is 72.9 cm³/mol. The molecule has 0 spiro atoms. The van der Waals surface area contributed by atoms with Crippen molar-refractivity contribution in [3.05, 3.63) is 46.2 Å². The molecular weight excluding hydrogens is 296 g/mol. The quantitative estimate of drug-likeness (QED) is 0.848. The summed E-state index contributed by atoms with van der Waals surface area (Å²) >= 11 is 3.29. The monoisotopic (exact) mass is 308 g/mol. The molecule has 0 aliphatic rings. The van der Waals surface area contributed by atoms with Crippen LogP contribution in [0.2, 0.25) is 0 Å². The first kappa shape index (κ1) is 12.6. The molecule has 0 aliphatic carbocycles. The average Bonchev–Trinajstić information content (AvgIpc) is 2.75. The summed E-state index contributed by atoms with van der Waals surface area (Å²) in [5, 5.41) is 6.97. The standard InChI is InChI=1S/C12H13BrN4O/c1-17-5-4-9(16-17)7-15-12(18)8-2-3-10(13)11(14)6-8/h2-6H,7,14H2,1H3,(H,15,18). The van der Waals surface area contributed by atoms with Crippen molar-refractivity contribution in [2.75, 3.05) is 5.73 Å². The van der Waals surface area contributed by atoms with Crippen LogP contribution in [0.1, 0.15) is 16.1 Å². The first-order valence-corrected chi connectivity index (χ1v) is 6.17.